The lowest BCUT2D eigenvalue weighted by molar-refractivity contribution is -0.165. The highest BCUT2D eigenvalue weighted by atomic mass is 16.3. The zero-order valence-electron chi connectivity index (χ0n) is 17.7. The van der Waals surface area contributed by atoms with Crippen LogP contribution in [0.15, 0.2) is 60.7 Å². The summed E-state index contributed by atoms with van der Waals surface area (Å²) in [6, 6.07) is 17.8. The van der Waals surface area contributed by atoms with Crippen molar-refractivity contribution in [2.75, 3.05) is 7.05 Å². The van der Waals surface area contributed by atoms with Crippen molar-refractivity contribution in [1.29, 1.82) is 0 Å². The van der Waals surface area contributed by atoms with Gasteiger partial charge in [0.05, 0.1) is 12.0 Å². The largest absolute Gasteiger partial charge is 0.387 e. The zero-order chi connectivity index (χ0) is 21.3. The minimum atomic E-state index is -0.992. The number of rotatable bonds is 3. The maximum absolute atomic E-state index is 13.5. The van der Waals surface area contributed by atoms with E-state index in [0.29, 0.717) is 11.1 Å². The summed E-state index contributed by atoms with van der Waals surface area (Å²) in [5, 5.41) is 11.1. The molecule has 1 fully saturated rings. The molecule has 5 heteroatoms. The molecule has 1 N–H and O–H groups in total. The molecule has 0 aliphatic carbocycles. The molecule has 0 radical (unpaired) electrons. The fourth-order valence-electron chi connectivity index (χ4n) is 4.42. The van der Waals surface area contributed by atoms with Gasteiger partial charge >= 0.3 is 0 Å². The molecule has 1 saturated heterocycles. The molecular formula is C24H30N2O3. The molecule has 0 bridgehead atoms. The Morgan fingerprint density at radius 2 is 1.52 bits per heavy atom. The highest BCUT2D eigenvalue weighted by molar-refractivity contribution is 5.96. The van der Waals surface area contributed by atoms with Gasteiger partial charge in [0, 0.05) is 24.1 Å². The Hall–Kier alpha value is -2.66. The molecule has 5 nitrogen and oxygen atoms in total. The lowest BCUT2D eigenvalue weighted by Crippen LogP contribution is -2.68. The first kappa shape index (κ1) is 21.1. The first-order valence-corrected chi connectivity index (χ1v) is 10.0. The molecule has 29 heavy (non-hydrogen) atoms. The number of aliphatic hydroxyl groups excluding tert-OH is 1. The van der Waals surface area contributed by atoms with Crippen LogP contribution in [0.25, 0.3) is 0 Å². The Morgan fingerprint density at radius 3 is 2.03 bits per heavy atom. The van der Waals surface area contributed by atoms with Gasteiger partial charge in [-0.25, -0.2) is 0 Å². The van der Waals surface area contributed by atoms with Crippen LogP contribution in [0.2, 0.25) is 0 Å². The van der Waals surface area contributed by atoms with Crippen molar-refractivity contribution in [1.82, 2.24) is 9.80 Å². The number of amides is 2. The molecule has 0 spiro atoms. The monoisotopic (exact) mass is 394 g/mol. The minimum absolute atomic E-state index is 0.136. The molecule has 1 aliphatic heterocycles. The molecule has 0 unspecified atom stereocenters. The van der Waals surface area contributed by atoms with Gasteiger partial charge in [-0.3, -0.25) is 9.59 Å². The quantitative estimate of drug-likeness (QED) is 0.863. The van der Waals surface area contributed by atoms with E-state index < -0.39 is 24.2 Å². The van der Waals surface area contributed by atoms with Crippen LogP contribution in [-0.4, -0.2) is 46.0 Å². The van der Waals surface area contributed by atoms with Crippen LogP contribution in [0.4, 0.5) is 0 Å². The van der Waals surface area contributed by atoms with E-state index >= 15 is 0 Å². The molecule has 2 aromatic carbocycles. The molecule has 3 rings (SSSR count). The Bertz CT molecular complexity index is 861. The van der Waals surface area contributed by atoms with E-state index in [1.165, 1.54) is 0 Å². The molecule has 0 aromatic heterocycles. The smallest absolute Gasteiger partial charge is 0.255 e. The van der Waals surface area contributed by atoms with Gasteiger partial charge in [-0.05, 0) is 24.6 Å². The number of hydrogen-bond acceptors (Lipinski definition) is 3. The van der Waals surface area contributed by atoms with E-state index in [0.717, 1.165) is 0 Å². The van der Waals surface area contributed by atoms with Gasteiger partial charge < -0.3 is 14.9 Å². The Kier molecular flexibility index (Phi) is 5.80. The van der Waals surface area contributed by atoms with Gasteiger partial charge in [-0.2, -0.15) is 0 Å². The third-order valence-electron chi connectivity index (χ3n) is 5.73. The molecule has 2 aromatic rings. The first-order valence-electron chi connectivity index (χ1n) is 10.0. The lowest BCUT2D eigenvalue weighted by Gasteiger charge is -2.54. The van der Waals surface area contributed by atoms with Crippen molar-refractivity contribution >= 4 is 11.8 Å². The summed E-state index contributed by atoms with van der Waals surface area (Å²) in [7, 11) is 1.72. The predicted molar refractivity (Wildman–Crippen MR) is 113 cm³/mol. The molecule has 2 amide bonds. The number of carbonyl (C=O) groups excluding carboxylic acids is 2. The molecule has 154 valence electrons. The van der Waals surface area contributed by atoms with E-state index in [2.05, 4.69) is 0 Å². The average Bonchev–Trinajstić information content (AvgIpc) is 2.70. The van der Waals surface area contributed by atoms with Crippen LogP contribution in [-0.2, 0) is 4.79 Å². The van der Waals surface area contributed by atoms with Crippen LogP contribution in [0, 0.1) is 11.3 Å². The first-order chi connectivity index (χ1) is 13.6. The van der Waals surface area contributed by atoms with Crippen molar-refractivity contribution in [3.63, 3.8) is 0 Å². The Balaban J connectivity index is 2.06. The van der Waals surface area contributed by atoms with Crippen LogP contribution >= 0.6 is 0 Å². The fourth-order valence-corrected chi connectivity index (χ4v) is 4.42. The maximum Gasteiger partial charge on any atom is 0.255 e. The maximum atomic E-state index is 13.5. The summed E-state index contributed by atoms with van der Waals surface area (Å²) in [6.07, 6.45) is -1.41. The van der Waals surface area contributed by atoms with Crippen LogP contribution < -0.4 is 0 Å². The number of benzene rings is 2. The van der Waals surface area contributed by atoms with E-state index in [9.17, 15) is 14.7 Å². The van der Waals surface area contributed by atoms with Crippen molar-refractivity contribution in [3.05, 3.63) is 71.8 Å². The van der Waals surface area contributed by atoms with Crippen molar-refractivity contribution in [3.8, 4) is 0 Å². The van der Waals surface area contributed by atoms with E-state index in [-0.39, 0.29) is 17.2 Å². The summed E-state index contributed by atoms with van der Waals surface area (Å²) < 4.78 is 0. The molecule has 4 atom stereocenters. The zero-order valence-corrected chi connectivity index (χ0v) is 17.7. The topological polar surface area (TPSA) is 60.9 Å². The highest BCUT2D eigenvalue weighted by Crippen LogP contribution is 2.40. The fraction of sp³-hybridized carbons (Fsp3) is 0.417. The van der Waals surface area contributed by atoms with E-state index in [1.54, 1.807) is 29.0 Å². The standard InChI is InChI=1S/C24H30N2O3/c1-16-19(20(27)17-12-8-6-9-13-17)22(29)25(5)23(24(2,3)4)26(16)21(28)18-14-10-7-11-15-18/h6-16,19-20,23,27H,1-5H3/t16-,19+,20-,23+/m1/s1. The predicted octanol–water partition coefficient (Wildman–Crippen LogP) is 3.71. The second kappa shape index (κ2) is 7.99. The lowest BCUT2D eigenvalue weighted by atomic mass is 9.80. The van der Waals surface area contributed by atoms with Crippen LogP contribution in [0.3, 0.4) is 0 Å². The van der Waals surface area contributed by atoms with Gasteiger partial charge in [-0.1, -0.05) is 69.3 Å². The van der Waals surface area contributed by atoms with Crippen molar-refractivity contribution in [2.24, 2.45) is 11.3 Å². The highest BCUT2D eigenvalue weighted by Gasteiger charge is 2.51. The summed E-state index contributed by atoms with van der Waals surface area (Å²) in [5.74, 6) is -1.03. The van der Waals surface area contributed by atoms with Crippen LogP contribution in [0.1, 0.15) is 49.7 Å². The molecular weight excluding hydrogens is 364 g/mol. The van der Waals surface area contributed by atoms with Gasteiger partial charge in [0.15, 0.2) is 0 Å². The second-order valence-electron chi connectivity index (χ2n) is 8.89. The normalized spacial score (nSPS) is 23.8. The van der Waals surface area contributed by atoms with Gasteiger partial charge in [0.1, 0.15) is 6.17 Å². The summed E-state index contributed by atoms with van der Waals surface area (Å²) >= 11 is 0. The minimum Gasteiger partial charge on any atom is -0.387 e. The van der Waals surface area contributed by atoms with Crippen molar-refractivity contribution < 1.29 is 14.7 Å². The van der Waals surface area contributed by atoms with Crippen molar-refractivity contribution in [2.45, 2.75) is 46.0 Å². The SMILES string of the molecule is C[C@@H]1[C@@H]([C@H](O)c2ccccc2)C(=O)N(C)[C@H](C(C)(C)C)N1C(=O)c1ccccc1. The number of carbonyl (C=O) groups is 2. The van der Waals surface area contributed by atoms with Crippen LogP contribution in [0.5, 0.6) is 0 Å². The van der Waals surface area contributed by atoms with Gasteiger partial charge in [-0.15, -0.1) is 0 Å². The Morgan fingerprint density at radius 1 is 1.00 bits per heavy atom. The van der Waals surface area contributed by atoms with E-state index in [1.807, 2.05) is 76.2 Å². The molecule has 1 aliphatic rings. The average molecular weight is 395 g/mol. The third-order valence-corrected chi connectivity index (χ3v) is 5.73. The third kappa shape index (κ3) is 3.92. The number of nitrogens with zero attached hydrogens (tertiary/aromatic N) is 2. The van der Waals surface area contributed by atoms with Gasteiger partial charge in [0.25, 0.3) is 5.91 Å². The molecule has 1 heterocycles. The summed E-state index contributed by atoms with van der Waals surface area (Å²) in [4.78, 5) is 30.3. The van der Waals surface area contributed by atoms with Gasteiger partial charge in [0.2, 0.25) is 5.91 Å². The Labute approximate surface area is 172 Å². The summed E-state index contributed by atoms with van der Waals surface area (Å²) in [5.41, 5.74) is 0.892. The molecule has 0 saturated carbocycles. The van der Waals surface area contributed by atoms with E-state index in [4.69, 9.17) is 0 Å². The number of aliphatic hydroxyl groups is 1. The number of hydrogen-bond donors (Lipinski definition) is 1. The second-order valence-corrected chi connectivity index (χ2v) is 8.89. The summed E-state index contributed by atoms with van der Waals surface area (Å²) in [6.45, 7) is 7.93.